The van der Waals surface area contributed by atoms with Crippen LogP contribution in [0.25, 0.3) is 0 Å². The molecule has 1 fully saturated rings. The number of hydrogen-bond acceptors (Lipinski definition) is 2. The number of aryl methyl sites for hydroxylation is 1. The Balaban J connectivity index is 1.90. The molecule has 0 spiro atoms. The fraction of sp³-hybridized carbons (Fsp3) is 0.333. The predicted molar refractivity (Wildman–Crippen MR) is 59.6 cm³/mol. The second-order valence-corrected chi connectivity index (χ2v) is 3.92. The first-order valence-electron chi connectivity index (χ1n) is 5.15. The van der Waals surface area contributed by atoms with Crippen molar-refractivity contribution < 1.29 is 4.79 Å². The van der Waals surface area contributed by atoms with Crippen LogP contribution in [0.1, 0.15) is 24.0 Å². The lowest BCUT2D eigenvalue weighted by Crippen LogP contribution is -2.18. The molecule has 0 aromatic heterocycles. The van der Waals surface area contributed by atoms with Gasteiger partial charge in [0.15, 0.2) is 0 Å². The Morgan fingerprint density at radius 3 is 3.00 bits per heavy atom. The maximum absolute atomic E-state index is 11.2. The van der Waals surface area contributed by atoms with Crippen LogP contribution in [-0.4, -0.2) is 12.1 Å². The quantitative estimate of drug-likeness (QED) is 0.590. The summed E-state index contributed by atoms with van der Waals surface area (Å²) >= 11 is 0. The second kappa shape index (κ2) is 4.26. The van der Waals surface area contributed by atoms with Crippen molar-refractivity contribution >= 4 is 12.1 Å². The highest BCUT2D eigenvalue weighted by Gasteiger charge is 2.29. The van der Waals surface area contributed by atoms with Gasteiger partial charge in [0, 0.05) is 5.92 Å². The van der Waals surface area contributed by atoms with E-state index in [4.69, 9.17) is 0 Å². The molecule has 1 amide bonds. The zero-order valence-corrected chi connectivity index (χ0v) is 8.73. The molecule has 3 nitrogen and oxygen atoms in total. The smallest absolute Gasteiger partial charge is 0.243 e. The summed E-state index contributed by atoms with van der Waals surface area (Å²) < 4.78 is 0. The Morgan fingerprint density at radius 2 is 2.33 bits per heavy atom. The number of nitrogens with zero attached hydrogens (tertiary/aromatic N) is 1. The molecule has 1 aromatic carbocycles. The average molecular weight is 202 g/mol. The summed E-state index contributed by atoms with van der Waals surface area (Å²) in [5, 5.41) is 3.92. The molecule has 1 N–H and O–H groups in total. The summed E-state index contributed by atoms with van der Waals surface area (Å²) in [7, 11) is 0. The van der Waals surface area contributed by atoms with Crippen LogP contribution in [0.4, 0.5) is 0 Å². The molecule has 1 saturated carbocycles. The van der Waals surface area contributed by atoms with Crippen molar-refractivity contribution in [3.63, 3.8) is 0 Å². The SMILES string of the molecule is Cc1cccc(/C=N/NC(=O)C2CC2)c1. The van der Waals surface area contributed by atoms with Gasteiger partial charge in [-0.3, -0.25) is 4.79 Å². The monoisotopic (exact) mass is 202 g/mol. The number of amides is 1. The summed E-state index contributed by atoms with van der Waals surface area (Å²) in [5.74, 6) is 0.249. The lowest BCUT2D eigenvalue weighted by atomic mass is 10.2. The molecular weight excluding hydrogens is 188 g/mol. The van der Waals surface area contributed by atoms with Crippen molar-refractivity contribution in [2.75, 3.05) is 0 Å². The second-order valence-electron chi connectivity index (χ2n) is 3.92. The van der Waals surface area contributed by atoms with Crippen LogP contribution in [0.2, 0.25) is 0 Å². The van der Waals surface area contributed by atoms with Gasteiger partial charge in [0.25, 0.3) is 0 Å². The van der Waals surface area contributed by atoms with Gasteiger partial charge < -0.3 is 0 Å². The van der Waals surface area contributed by atoms with E-state index in [0.717, 1.165) is 18.4 Å². The minimum atomic E-state index is 0.0407. The van der Waals surface area contributed by atoms with Crippen LogP contribution < -0.4 is 5.43 Å². The van der Waals surface area contributed by atoms with Crippen molar-refractivity contribution in [1.82, 2.24) is 5.43 Å². The first kappa shape index (κ1) is 9.90. The van der Waals surface area contributed by atoms with Crippen LogP contribution in [-0.2, 0) is 4.79 Å². The number of carbonyl (C=O) groups is 1. The maximum atomic E-state index is 11.2. The van der Waals surface area contributed by atoms with Crippen LogP contribution >= 0.6 is 0 Å². The summed E-state index contributed by atoms with van der Waals surface area (Å²) in [5.41, 5.74) is 4.74. The number of hydrogen-bond donors (Lipinski definition) is 1. The Hall–Kier alpha value is -1.64. The molecule has 78 valence electrons. The lowest BCUT2D eigenvalue weighted by molar-refractivity contribution is -0.122. The number of rotatable bonds is 3. The normalized spacial score (nSPS) is 15.5. The van der Waals surface area contributed by atoms with Crippen molar-refractivity contribution in [3.05, 3.63) is 35.4 Å². The zero-order valence-electron chi connectivity index (χ0n) is 8.73. The molecule has 0 unspecified atom stereocenters. The molecule has 0 bridgehead atoms. The Kier molecular flexibility index (Phi) is 2.81. The highest BCUT2D eigenvalue weighted by Crippen LogP contribution is 2.28. The summed E-state index contributed by atoms with van der Waals surface area (Å²) in [4.78, 5) is 11.2. The van der Waals surface area contributed by atoms with Crippen LogP contribution in [0.15, 0.2) is 29.4 Å². The standard InChI is InChI=1S/C12H14N2O/c1-9-3-2-4-10(7-9)8-13-14-12(15)11-5-6-11/h2-4,7-8,11H,5-6H2,1H3,(H,14,15)/b13-8+. The van der Waals surface area contributed by atoms with Gasteiger partial charge in [0.1, 0.15) is 0 Å². The van der Waals surface area contributed by atoms with Crippen molar-refractivity contribution in [2.24, 2.45) is 11.0 Å². The highest BCUT2D eigenvalue weighted by atomic mass is 16.2. The molecule has 1 aromatic rings. The van der Waals surface area contributed by atoms with Gasteiger partial charge in [0.2, 0.25) is 5.91 Å². The van der Waals surface area contributed by atoms with Gasteiger partial charge in [-0.1, -0.05) is 29.8 Å². The maximum Gasteiger partial charge on any atom is 0.243 e. The summed E-state index contributed by atoms with van der Waals surface area (Å²) in [6.45, 7) is 2.03. The largest absolute Gasteiger partial charge is 0.273 e. The molecule has 0 atom stereocenters. The van der Waals surface area contributed by atoms with Crippen LogP contribution in [0, 0.1) is 12.8 Å². The van der Waals surface area contributed by atoms with Crippen molar-refractivity contribution in [2.45, 2.75) is 19.8 Å². The fourth-order valence-corrected chi connectivity index (χ4v) is 1.36. The van der Waals surface area contributed by atoms with E-state index in [1.807, 2.05) is 31.2 Å². The van der Waals surface area contributed by atoms with Gasteiger partial charge in [0.05, 0.1) is 6.21 Å². The van der Waals surface area contributed by atoms with Crippen LogP contribution in [0.3, 0.4) is 0 Å². The zero-order chi connectivity index (χ0) is 10.7. The molecule has 0 aliphatic heterocycles. The van der Waals surface area contributed by atoms with E-state index in [9.17, 15) is 4.79 Å². The van der Waals surface area contributed by atoms with Gasteiger partial charge in [-0.15, -0.1) is 0 Å². The molecule has 3 heteroatoms. The van der Waals surface area contributed by atoms with Gasteiger partial charge in [-0.2, -0.15) is 5.10 Å². The predicted octanol–water partition coefficient (Wildman–Crippen LogP) is 1.86. The van der Waals surface area contributed by atoms with Gasteiger partial charge in [-0.05, 0) is 25.3 Å². The molecule has 15 heavy (non-hydrogen) atoms. The number of carbonyl (C=O) groups excluding carboxylic acids is 1. The van der Waals surface area contributed by atoms with Crippen LogP contribution in [0.5, 0.6) is 0 Å². The average Bonchev–Trinajstić information content (AvgIpc) is 3.00. The Labute approximate surface area is 89.2 Å². The van der Waals surface area contributed by atoms with E-state index in [0.29, 0.717) is 0 Å². The molecule has 1 aliphatic rings. The van der Waals surface area contributed by atoms with E-state index in [2.05, 4.69) is 10.5 Å². The molecule has 0 radical (unpaired) electrons. The first-order valence-corrected chi connectivity index (χ1v) is 5.15. The lowest BCUT2D eigenvalue weighted by Gasteiger charge is -1.97. The molecule has 0 saturated heterocycles. The number of nitrogens with one attached hydrogen (secondary N) is 1. The minimum absolute atomic E-state index is 0.0407. The molecule has 2 rings (SSSR count). The molecule has 1 aliphatic carbocycles. The fourth-order valence-electron chi connectivity index (χ4n) is 1.36. The summed E-state index contributed by atoms with van der Waals surface area (Å²) in [6.07, 6.45) is 3.69. The van der Waals surface area contributed by atoms with E-state index < -0.39 is 0 Å². The van der Waals surface area contributed by atoms with E-state index in [1.54, 1.807) is 6.21 Å². The van der Waals surface area contributed by atoms with Gasteiger partial charge in [-0.25, -0.2) is 5.43 Å². The molecule has 0 heterocycles. The molecular formula is C12H14N2O. The van der Waals surface area contributed by atoms with Crippen molar-refractivity contribution in [1.29, 1.82) is 0 Å². The summed E-state index contributed by atoms with van der Waals surface area (Å²) in [6, 6.07) is 7.98. The third-order valence-electron chi connectivity index (χ3n) is 2.38. The first-order chi connectivity index (χ1) is 7.25. The van der Waals surface area contributed by atoms with E-state index in [-0.39, 0.29) is 11.8 Å². The van der Waals surface area contributed by atoms with Crippen molar-refractivity contribution in [3.8, 4) is 0 Å². The third kappa shape index (κ3) is 2.91. The van der Waals surface area contributed by atoms with E-state index >= 15 is 0 Å². The Bertz CT molecular complexity index is 394. The van der Waals surface area contributed by atoms with E-state index in [1.165, 1.54) is 5.56 Å². The third-order valence-corrected chi connectivity index (χ3v) is 2.38. The topological polar surface area (TPSA) is 41.5 Å². The number of hydrazone groups is 1. The number of benzene rings is 1. The highest BCUT2D eigenvalue weighted by molar-refractivity contribution is 5.84. The minimum Gasteiger partial charge on any atom is -0.273 e. The van der Waals surface area contributed by atoms with Gasteiger partial charge >= 0.3 is 0 Å². The Morgan fingerprint density at radius 1 is 1.53 bits per heavy atom.